The van der Waals surface area contributed by atoms with Gasteiger partial charge in [0.2, 0.25) is 5.91 Å². The minimum atomic E-state index is -0.133. The van der Waals surface area contributed by atoms with Crippen molar-refractivity contribution in [2.75, 3.05) is 10.6 Å². The average molecular weight is 374 g/mol. The summed E-state index contributed by atoms with van der Waals surface area (Å²) < 4.78 is 1.14. The number of thiophene rings is 1. The summed E-state index contributed by atoms with van der Waals surface area (Å²) in [7, 11) is 0. The molecule has 1 amide bonds. The SMILES string of the molecule is CC(=O)Nc1ccc(NCc2cc(Br)c(C)s2)cc1Cl. The zero-order valence-electron chi connectivity index (χ0n) is 11.1. The van der Waals surface area contributed by atoms with Gasteiger partial charge in [0.05, 0.1) is 10.7 Å². The van der Waals surface area contributed by atoms with Gasteiger partial charge in [-0.1, -0.05) is 11.6 Å². The first-order valence-electron chi connectivity index (χ1n) is 6.01. The molecule has 1 heterocycles. The molecule has 0 saturated carbocycles. The first-order chi connectivity index (χ1) is 9.45. The zero-order valence-corrected chi connectivity index (χ0v) is 14.2. The molecule has 0 spiro atoms. The summed E-state index contributed by atoms with van der Waals surface area (Å²) in [5.74, 6) is -0.133. The minimum absolute atomic E-state index is 0.133. The molecule has 2 rings (SSSR count). The molecule has 2 N–H and O–H groups in total. The van der Waals surface area contributed by atoms with Gasteiger partial charge in [0.1, 0.15) is 0 Å². The summed E-state index contributed by atoms with van der Waals surface area (Å²) in [6.45, 7) is 4.28. The number of hydrogen-bond acceptors (Lipinski definition) is 3. The third-order valence-corrected chi connectivity index (χ3v) is 5.10. The number of nitrogens with one attached hydrogen (secondary N) is 2. The van der Waals surface area contributed by atoms with Crippen LogP contribution in [-0.2, 0) is 11.3 Å². The fourth-order valence-electron chi connectivity index (χ4n) is 1.71. The minimum Gasteiger partial charge on any atom is -0.380 e. The van der Waals surface area contributed by atoms with Gasteiger partial charge in [-0.3, -0.25) is 4.79 Å². The average Bonchev–Trinajstić information content (AvgIpc) is 2.69. The lowest BCUT2D eigenvalue weighted by molar-refractivity contribution is -0.114. The van der Waals surface area contributed by atoms with Crippen molar-refractivity contribution in [3.8, 4) is 0 Å². The Labute approximate surface area is 135 Å². The van der Waals surface area contributed by atoms with Crippen LogP contribution in [0.25, 0.3) is 0 Å². The van der Waals surface area contributed by atoms with Crippen molar-refractivity contribution in [3.05, 3.63) is 43.5 Å². The van der Waals surface area contributed by atoms with E-state index in [0.29, 0.717) is 10.7 Å². The number of amides is 1. The smallest absolute Gasteiger partial charge is 0.221 e. The highest BCUT2D eigenvalue weighted by molar-refractivity contribution is 9.10. The Morgan fingerprint density at radius 3 is 2.70 bits per heavy atom. The first-order valence-corrected chi connectivity index (χ1v) is 8.00. The lowest BCUT2D eigenvalue weighted by Crippen LogP contribution is -2.06. The quantitative estimate of drug-likeness (QED) is 0.788. The van der Waals surface area contributed by atoms with Gasteiger partial charge in [-0.2, -0.15) is 0 Å². The maximum absolute atomic E-state index is 11.0. The lowest BCUT2D eigenvalue weighted by atomic mass is 10.2. The van der Waals surface area contributed by atoms with Crippen LogP contribution in [-0.4, -0.2) is 5.91 Å². The van der Waals surface area contributed by atoms with Crippen LogP contribution < -0.4 is 10.6 Å². The van der Waals surface area contributed by atoms with Gasteiger partial charge in [-0.15, -0.1) is 11.3 Å². The van der Waals surface area contributed by atoms with Crippen molar-refractivity contribution in [1.29, 1.82) is 0 Å². The molecule has 1 aromatic carbocycles. The van der Waals surface area contributed by atoms with Crippen molar-refractivity contribution in [1.82, 2.24) is 0 Å². The Hall–Kier alpha value is -1.04. The maximum atomic E-state index is 11.0. The van der Waals surface area contributed by atoms with E-state index >= 15 is 0 Å². The van der Waals surface area contributed by atoms with Crippen LogP contribution in [0.4, 0.5) is 11.4 Å². The van der Waals surface area contributed by atoms with Crippen molar-refractivity contribution in [2.45, 2.75) is 20.4 Å². The summed E-state index contributed by atoms with van der Waals surface area (Å²) in [6, 6.07) is 7.61. The number of rotatable bonds is 4. The molecule has 6 heteroatoms. The second-order valence-electron chi connectivity index (χ2n) is 4.35. The Morgan fingerprint density at radius 2 is 2.15 bits per heavy atom. The Kier molecular flexibility index (Phi) is 5.07. The van der Waals surface area contributed by atoms with Gasteiger partial charge in [0.25, 0.3) is 0 Å². The van der Waals surface area contributed by atoms with E-state index in [1.165, 1.54) is 16.7 Å². The molecule has 0 aliphatic heterocycles. The molecule has 0 bridgehead atoms. The molecule has 1 aromatic heterocycles. The summed E-state index contributed by atoms with van der Waals surface area (Å²) in [5.41, 5.74) is 1.55. The predicted octanol–water partition coefficient (Wildman–Crippen LogP) is 5.04. The molecule has 0 aliphatic carbocycles. The first kappa shape index (κ1) is 15.4. The van der Waals surface area contributed by atoms with Crippen molar-refractivity contribution < 1.29 is 4.79 Å². The predicted molar refractivity (Wildman–Crippen MR) is 89.8 cm³/mol. The number of aryl methyl sites for hydroxylation is 1. The van der Waals surface area contributed by atoms with Crippen LogP contribution in [0.3, 0.4) is 0 Å². The topological polar surface area (TPSA) is 41.1 Å². The molecular weight excluding hydrogens is 360 g/mol. The molecule has 2 aromatic rings. The third kappa shape index (κ3) is 3.98. The Bertz CT molecular complexity index is 623. The van der Waals surface area contributed by atoms with Gasteiger partial charge in [0.15, 0.2) is 0 Å². The molecule has 20 heavy (non-hydrogen) atoms. The molecule has 0 unspecified atom stereocenters. The third-order valence-electron chi connectivity index (χ3n) is 2.65. The molecule has 106 valence electrons. The standard InChI is InChI=1S/C14H14BrClN2OS/c1-8-12(15)6-11(20-8)7-17-10-3-4-14(13(16)5-10)18-9(2)19/h3-6,17H,7H2,1-2H3,(H,18,19). The molecule has 0 aliphatic rings. The van der Waals surface area contributed by atoms with E-state index in [-0.39, 0.29) is 5.91 Å². The molecule has 0 atom stereocenters. The van der Waals surface area contributed by atoms with E-state index in [0.717, 1.165) is 16.7 Å². The van der Waals surface area contributed by atoms with E-state index in [1.54, 1.807) is 17.4 Å². The van der Waals surface area contributed by atoms with Crippen LogP contribution in [0.15, 0.2) is 28.7 Å². The van der Waals surface area contributed by atoms with E-state index in [9.17, 15) is 4.79 Å². The van der Waals surface area contributed by atoms with E-state index in [2.05, 4.69) is 39.6 Å². The monoisotopic (exact) mass is 372 g/mol. The van der Waals surface area contributed by atoms with E-state index in [1.807, 2.05) is 12.1 Å². The fraction of sp³-hybridized carbons (Fsp3) is 0.214. The zero-order chi connectivity index (χ0) is 14.7. The van der Waals surface area contributed by atoms with Crippen LogP contribution in [0.5, 0.6) is 0 Å². The number of halogens is 2. The van der Waals surface area contributed by atoms with Crippen LogP contribution in [0.1, 0.15) is 16.7 Å². The van der Waals surface area contributed by atoms with Crippen molar-refractivity contribution >= 4 is 56.1 Å². The normalized spacial score (nSPS) is 10.4. The maximum Gasteiger partial charge on any atom is 0.221 e. The van der Waals surface area contributed by atoms with Gasteiger partial charge >= 0.3 is 0 Å². The molecule has 0 saturated heterocycles. The van der Waals surface area contributed by atoms with Crippen LogP contribution in [0.2, 0.25) is 5.02 Å². The highest BCUT2D eigenvalue weighted by atomic mass is 79.9. The van der Waals surface area contributed by atoms with E-state index in [4.69, 9.17) is 11.6 Å². The summed E-state index contributed by atoms with van der Waals surface area (Å²) in [5, 5.41) is 6.52. The molecule has 0 fully saturated rings. The highest BCUT2D eigenvalue weighted by Crippen LogP contribution is 2.28. The van der Waals surface area contributed by atoms with E-state index < -0.39 is 0 Å². The number of carbonyl (C=O) groups is 1. The van der Waals surface area contributed by atoms with Crippen molar-refractivity contribution in [3.63, 3.8) is 0 Å². The largest absolute Gasteiger partial charge is 0.380 e. The second-order valence-corrected chi connectivity index (χ2v) is 6.95. The number of anilines is 2. The number of hydrogen-bond donors (Lipinski definition) is 2. The van der Waals surface area contributed by atoms with Crippen molar-refractivity contribution in [2.24, 2.45) is 0 Å². The fourth-order valence-corrected chi connectivity index (χ4v) is 3.48. The summed E-state index contributed by atoms with van der Waals surface area (Å²) >= 11 is 11.4. The Morgan fingerprint density at radius 1 is 1.40 bits per heavy atom. The number of carbonyl (C=O) groups excluding carboxylic acids is 1. The van der Waals surface area contributed by atoms with Gasteiger partial charge in [-0.05, 0) is 47.1 Å². The number of benzene rings is 1. The second kappa shape index (κ2) is 6.61. The van der Waals surface area contributed by atoms with Gasteiger partial charge < -0.3 is 10.6 Å². The molecule has 3 nitrogen and oxygen atoms in total. The molecular formula is C14H14BrClN2OS. The summed E-state index contributed by atoms with van der Waals surface area (Å²) in [4.78, 5) is 13.5. The van der Waals surface area contributed by atoms with Crippen LogP contribution >= 0.6 is 38.9 Å². The Balaban J connectivity index is 2.03. The summed E-state index contributed by atoms with van der Waals surface area (Å²) in [6.07, 6.45) is 0. The molecule has 0 radical (unpaired) electrons. The van der Waals surface area contributed by atoms with Gasteiger partial charge in [-0.25, -0.2) is 0 Å². The highest BCUT2D eigenvalue weighted by Gasteiger charge is 2.05. The van der Waals surface area contributed by atoms with Gasteiger partial charge in [0, 0.05) is 33.4 Å². The van der Waals surface area contributed by atoms with Crippen LogP contribution in [0, 0.1) is 6.92 Å². The lowest BCUT2D eigenvalue weighted by Gasteiger charge is -2.09.